The highest BCUT2D eigenvalue weighted by Gasteiger charge is 2.11. The molecule has 0 atom stereocenters. The van der Waals surface area contributed by atoms with E-state index < -0.39 is 0 Å². The second kappa shape index (κ2) is 7.44. The lowest BCUT2D eigenvalue weighted by Gasteiger charge is -2.11. The maximum atomic E-state index is 13.2. The highest BCUT2D eigenvalue weighted by atomic mass is 127. The van der Waals surface area contributed by atoms with Gasteiger partial charge in [0.2, 0.25) is 0 Å². The van der Waals surface area contributed by atoms with Crippen LogP contribution < -0.4 is 5.56 Å². The monoisotopic (exact) mass is 468 g/mol. The van der Waals surface area contributed by atoms with Gasteiger partial charge in [0.05, 0.1) is 16.6 Å². The fourth-order valence-corrected chi connectivity index (χ4v) is 3.35. The van der Waals surface area contributed by atoms with E-state index in [1.165, 1.54) is 12.1 Å². The SMILES string of the molecule is O=c1c2cc(I)ccc2nc(/C=C/c2ccc(F)cc2)n1-c1ccccc1. The van der Waals surface area contributed by atoms with Crippen molar-refractivity contribution in [1.29, 1.82) is 0 Å². The van der Waals surface area contributed by atoms with Crippen LogP contribution in [0.25, 0.3) is 28.7 Å². The van der Waals surface area contributed by atoms with Crippen LogP contribution in [0.15, 0.2) is 77.6 Å². The summed E-state index contributed by atoms with van der Waals surface area (Å²) in [5.41, 5.74) is 2.09. The summed E-state index contributed by atoms with van der Waals surface area (Å²) in [6, 6.07) is 21.2. The van der Waals surface area contributed by atoms with Crippen LogP contribution in [-0.2, 0) is 0 Å². The van der Waals surface area contributed by atoms with Crippen molar-refractivity contribution in [1.82, 2.24) is 9.55 Å². The van der Waals surface area contributed by atoms with Gasteiger partial charge in [0, 0.05) is 3.57 Å². The molecule has 4 aromatic rings. The van der Waals surface area contributed by atoms with Gasteiger partial charge in [-0.25, -0.2) is 9.37 Å². The second-order valence-corrected chi connectivity index (χ2v) is 7.24. The summed E-state index contributed by atoms with van der Waals surface area (Å²) in [5.74, 6) is 0.232. The zero-order valence-electron chi connectivity index (χ0n) is 14.1. The molecular formula is C22H14FIN2O. The number of benzene rings is 3. The fourth-order valence-electron chi connectivity index (χ4n) is 2.86. The molecule has 0 saturated heterocycles. The van der Waals surface area contributed by atoms with E-state index in [-0.39, 0.29) is 11.4 Å². The lowest BCUT2D eigenvalue weighted by molar-refractivity contribution is 0.628. The number of aromatic nitrogens is 2. The summed E-state index contributed by atoms with van der Waals surface area (Å²) in [7, 11) is 0. The molecule has 3 nitrogen and oxygen atoms in total. The summed E-state index contributed by atoms with van der Waals surface area (Å²) >= 11 is 2.19. The first-order valence-electron chi connectivity index (χ1n) is 8.33. The summed E-state index contributed by atoms with van der Waals surface area (Å²) in [6.07, 6.45) is 3.60. The third-order valence-electron chi connectivity index (χ3n) is 4.17. The average molecular weight is 468 g/mol. The Hall–Kier alpha value is -2.80. The van der Waals surface area contributed by atoms with Crippen molar-refractivity contribution in [3.63, 3.8) is 0 Å². The maximum absolute atomic E-state index is 13.2. The molecule has 1 heterocycles. The van der Waals surface area contributed by atoms with Crippen molar-refractivity contribution in [2.24, 2.45) is 0 Å². The molecule has 132 valence electrons. The highest BCUT2D eigenvalue weighted by molar-refractivity contribution is 14.1. The molecule has 0 amide bonds. The standard InChI is InChI=1S/C22H14FIN2O/c23-16-9-6-15(7-10-16)8-13-21-25-20-12-11-17(24)14-19(20)22(27)26(21)18-4-2-1-3-5-18/h1-14H/b13-8+. The van der Waals surface area contributed by atoms with Gasteiger partial charge in [-0.15, -0.1) is 0 Å². The van der Waals surface area contributed by atoms with Gasteiger partial charge in [0.25, 0.3) is 5.56 Å². The predicted octanol–water partition coefficient (Wildman–Crippen LogP) is 5.30. The summed E-state index contributed by atoms with van der Waals surface area (Å²) in [4.78, 5) is 17.9. The number of hydrogen-bond acceptors (Lipinski definition) is 2. The van der Waals surface area contributed by atoms with Crippen molar-refractivity contribution in [3.8, 4) is 5.69 Å². The van der Waals surface area contributed by atoms with Crippen molar-refractivity contribution in [3.05, 3.63) is 104 Å². The molecule has 3 aromatic carbocycles. The molecule has 5 heteroatoms. The minimum atomic E-state index is -0.285. The highest BCUT2D eigenvalue weighted by Crippen LogP contribution is 2.17. The third-order valence-corrected chi connectivity index (χ3v) is 4.84. The molecular weight excluding hydrogens is 454 g/mol. The van der Waals surface area contributed by atoms with Crippen molar-refractivity contribution in [2.45, 2.75) is 0 Å². The fraction of sp³-hybridized carbons (Fsp3) is 0. The minimum Gasteiger partial charge on any atom is -0.268 e. The molecule has 0 unspecified atom stereocenters. The lowest BCUT2D eigenvalue weighted by Crippen LogP contribution is -2.22. The molecule has 1 aromatic heterocycles. The van der Waals surface area contributed by atoms with Gasteiger partial charge in [-0.3, -0.25) is 9.36 Å². The van der Waals surface area contributed by atoms with E-state index in [2.05, 4.69) is 27.6 Å². The summed E-state index contributed by atoms with van der Waals surface area (Å²) in [6.45, 7) is 0. The molecule has 27 heavy (non-hydrogen) atoms. The van der Waals surface area contributed by atoms with Crippen molar-refractivity contribution < 1.29 is 4.39 Å². The smallest absolute Gasteiger partial charge is 0.266 e. The first-order valence-corrected chi connectivity index (χ1v) is 9.41. The Morgan fingerprint density at radius 1 is 0.926 bits per heavy atom. The van der Waals surface area contributed by atoms with Crippen LogP contribution in [0.1, 0.15) is 11.4 Å². The molecule has 0 radical (unpaired) electrons. The van der Waals surface area contributed by atoms with Crippen LogP contribution in [0.4, 0.5) is 4.39 Å². The van der Waals surface area contributed by atoms with Crippen LogP contribution in [-0.4, -0.2) is 9.55 Å². The Morgan fingerprint density at radius 2 is 1.67 bits per heavy atom. The van der Waals surface area contributed by atoms with E-state index >= 15 is 0 Å². The summed E-state index contributed by atoms with van der Waals surface area (Å²) < 4.78 is 15.7. The molecule has 0 fully saturated rings. The number of rotatable bonds is 3. The molecule has 0 bridgehead atoms. The quantitative estimate of drug-likeness (QED) is 0.383. The van der Waals surface area contributed by atoms with Crippen LogP contribution in [0.3, 0.4) is 0 Å². The van der Waals surface area contributed by atoms with Crippen LogP contribution in [0, 0.1) is 9.39 Å². The van der Waals surface area contributed by atoms with Gasteiger partial charge in [0.1, 0.15) is 11.6 Å². The Balaban J connectivity index is 1.94. The molecule has 0 N–H and O–H groups in total. The predicted molar refractivity (Wildman–Crippen MR) is 115 cm³/mol. The zero-order chi connectivity index (χ0) is 18.8. The average Bonchev–Trinajstić information content (AvgIpc) is 2.69. The van der Waals surface area contributed by atoms with E-state index in [1.807, 2.05) is 54.6 Å². The van der Waals surface area contributed by atoms with E-state index in [1.54, 1.807) is 22.8 Å². The third kappa shape index (κ3) is 3.68. The van der Waals surface area contributed by atoms with Crippen LogP contribution in [0.5, 0.6) is 0 Å². The van der Waals surface area contributed by atoms with Gasteiger partial charge >= 0.3 is 0 Å². The first kappa shape index (κ1) is 17.6. The Bertz CT molecular complexity index is 1200. The Labute approximate surface area is 169 Å². The number of fused-ring (bicyclic) bond motifs is 1. The molecule has 0 aliphatic rings. The normalized spacial score (nSPS) is 11.3. The molecule has 0 aliphatic carbocycles. The van der Waals surface area contributed by atoms with E-state index in [0.29, 0.717) is 16.7 Å². The first-order chi connectivity index (χ1) is 13.1. The Kier molecular flexibility index (Phi) is 4.85. The van der Waals surface area contributed by atoms with Gasteiger partial charge < -0.3 is 0 Å². The van der Waals surface area contributed by atoms with Crippen molar-refractivity contribution in [2.75, 3.05) is 0 Å². The van der Waals surface area contributed by atoms with Crippen LogP contribution >= 0.6 is 22.6 Å². The number of hydrogen-bond donors (Lipinski definition) is 0. The maximum Gasteiger partial charge on any atom is 0.266 e. The molecule has 0 aliphatic heterocycles. The van der Waals surface area contributed by atoms with Gasteiger partial charge in [0.15, 0.2) is 0 Å². The molecule has 0 saturated carbocycles. The molecule has 4 rings (SSSR count). The van der Waals surface area contributed by atoms with Crippen molar-refractivity contribution >= 4 is 45.6 Å². The van der Waals surface area contributed by atoms with E-state index in [0.717, 1.165) is 14.8 Å². The van der Waals surface area contributed by atoms with Gasteiger partial charge in [-0.1, -0.05) is 36.4 Å². The van der Waals surface area contributed by atoms with Gasteiger partial charge in [-0.05, 0) is 76.7 Å². The topological polar surface area (TPSA) is 34.9 Å². The van der Waals surface area contributed by atoms with E-state index in [4.69, 9.17) is 0 Å². The number of nitrogens with zero attached hydrogens (tertiary/aromatic N) is 2. The number of para-hydroxylation sites is 1. The minimum absolute atomic E-state index is 0.122. The van der Waals surface area contributed by atoms with E-state index in [9.17, 15) is 9.18 Å². The summed E-state index contributed by atoms with van der Waals surface area (Å²) in [5, 5.41) is 0.574. The Morgan fingerprint density at radius 3 is 2.41 bits per heavy atom. The molecule has 0 spiro atoms. The van der Waals surface area contributed by atoms with Crippen LogP contribution in [0.2, 0.25) is 0 Å². The largest absolute Gasteiger partial charge is 0.268 e. The lowest BCUT2D eigenvalue weighted by atomic mass is 10.2. The number of halogens is 2. The second-order valence-electron chi connectivity index (χ2n) is 5.99. The van der Waals surface area contributed by atoms with Gasteiger partial charge in [-0.2, -0.15) is 0 Å². The zero-order valence-corrected chi connectivity index (χ0v) is 16.3.